The summed E-state index contributed by atoms with van der Waals surface area (Å²) in [6.45, 7) is 1.02. The van der Waals surface area contributed by atoms with Gasteiger partial charge in [0.1, 0.15) is 11.6 Å². The quantitative estimate of drug-likeness (QED) is 0.780. The first-order chi connectivity index (χ1) is 6.88. The third-order valence-corrected chi connectivity index (χ3v) is 2.10. The molecule has 0 unspecified atom stereocenters. The molecule has 2 N–H and O–H groups in total. The average molecular weight is 221 g/mol. The Hall–Kier alpha value is -1.10. The fraction of sp³-hybridized carbons (Fsp3) is 0.400. The van der Waals surface area contributed by atoms with Gasteiger partial charge in [-0.15, -0.1) is 0 Å². The first-order valence-corrected chi connectivity index (χ1v) is 4.42. The molecule has 15 heavy (non-hydrogen) atoms. The second-order valence-electron chi connectivity index (χ2n) is 3.32. The second-order valence-corrected chi connectivity index (χ2v) is 3.32. The molecular formula is C10H11F4N. The number of aryl methyl sites for hydroxylation is 1. The van der Waals surface area contributed by atoms with Crippen molar-refractivity contribution in [2.45, 2.75) is 19.3 Å². The van der Waals surface area contributed by atoms with Crippen LogP contribution in [0.1, 0.15) is 17.5 Å². The van der Waals surface area contributed by atoms with Crippen LogP contribution >= 0.6 is 0 Å². The number of hydrogen-bond acceptors (Lipinski definition) is 1. The van der Waals surface area contributed by atoms with E-state index in [0.29, 0.717) is 6.07 Å². The predicted molar refractivity (Wildman–Crippen MR) is 48.7 cm³/mol. The Morgan fingerprint density at radius 1 is 1.20 bits per heavy atom. The lowest BCUT2D eigenvalue weighted by Crippen LogP contribution is -2.20. The number of nitrogens with two attached hydrogens (primary N) is 1. The Balaban J connectivity index is 3.19. The van der Waals surface area contributed by atoms with Crippen LogP contribution in [0.5, 0.6) is 0 Å². The van der Waals surface area contributed by atoms with Crippen LogP contribution in [-0.4, -0.2) is 6.54 Å². The van der Waals surface area contributed by atoms with Gasteiger partial charge in [0, 0.05) is 6.42 Å². The summed E-state index contributed by atoms with van der Waals surface area (Å²) in [5.41, 5.74) is 4.04. The summed E-state index contributed by atoms with van der Waals surface area (Å²) in [4.78, 5) is 0. The van der Waals surface area contributed by atoms with Gasteiger partial charge in [-0.3, -0.25) is 0 Å². The summed E-state index contributed by atoms with van der Waals surface area (Å²) in [6, 6.07) is 1.29. The van der Waals surface area contributed by atoms with Crippen LogP contribution in [0.3, 0.4) is 0 Å². The molecule has 1 nitrogen and oxygen atoms in total. The van der Waals surface area contributed by atoms with Gasteiger partial charge in [-0.1, -0.05) is 0 Å². The minimum Gasteiger partial charge on any atom is -0.330 e. The molecule has 0 bridgehead atoms. The number of benzene rings is 1. The van der Waals surface area contributed by atoms with Crippen LogP contribution < -0.4 is 5.73 Å². The zero-order valence-corrected chi connectivity index (χ0v) is 8.16. The summed E-state index contributed by atoms with van der Waals surface area (Å²) < 4.78 is 52.6. The van der Waals surface area contributed by atoms with Crippen LogP contribution in [0.25, 0.3) is 0 Å². The molecule has 84 valence electrons. The van der Waals surface area contributed by atoms with Crippen molar-refractivity contribution in [2.75, 3.05) is 6.54 Å². The Morgan fingerprint density at radius 3 is 2.33 bits per heavy atom. The Kier molecular flexibility index (Phi) is 3.34. The largest absolute Gasteiger partial charge is 0.330 e. The van der Waals surface area contributed by atoms with Crippen LogP contribution in [0.4, 0.5) is 17.6 Å². The standard InChI is InChI=1S/C10H11F4N/c1-6-4-9(12)7(5-8(6)11)10(13,14)2-3-15/h4-5H,2-3,15H2,1H3. The average Bonchev–Trinajstić information content (AvgIpc) is 2.11. The number of hydrogen-bond donors (Lipinski definition) is 1. The molecule has 0 aliphatic carbocycles. The molecule has 0 aliphatic heterocycles. The van der Waals surface area contributed by atoms with Crippen LogP contribution in [0.2, 0.25) is 0 Å². The highest BCUT2D eigenvalue weighted by Crippen LogP contribution is 2.33. The van der Waals surface area contributed by atoms with Gasteiger partial charge >= 0.3 is 0 Å². The molecular weight excluding hydrogens is 210 g/mol. The first-order valence-electron chi connectivity index (χ1n) is 4.42. The maximum Gasteiger partial charge on any atom is 0.277 e. The topological polar surface area (TPSA) is 26.0 Å². The third kappa shape index (κ3) is 2.47. The molecule has 0 saturated heterocycles. The summed E-state index contributed by atoms with van der Waals surface area (Å²) in [7, 11) is 0. The van der Waals surface area contributed by atoms with Gasteiger partial charge < -0.3 is 5.73 Å². The fourth-order valence-electron chi connectivity index (χ4n) is 1.24. The van der Waals surface area contributed by atoms with Crippen LogP contribution in [-0.2, 0) is 5.92 Å². The van der Waals surface area contributed by atoms with E-state index < -0.39 is 29.5 Å². The normalized spacial score (nSPS) is 11.9. The zero-order valence-electron chi connectivity index (χ0n) is 8.16. The first kappa shape index (κ1) is 12.0. The van der Waals surface area contributed by atoms with Gasteiger partial charge in [0.05, 0.1) is 5.56 Å². The monoisotopic (exact) mass is 221 g/mol. The number of rotatable bonds is 3. The van der Waals surface area contributed by atoms with Crippen LogP contribution in [0.15, 0.2) is 12.1 Å². The van der Waals surface area contributed by atoms with E-state index in [-0.39, 0.29) is 12.1 Å². The van der Waals surface area contributed by atoms with E-state index in [1.807, 2.05) is 0 Å². The zero-order chi connectivity index (χ0) is 11.6. The van der Waals surface area contributed by atoms with E-state index in [4.69, 9.17) is 5.73 Å². The van der Waals surface area contributed by atoms with Gasteiger partial charge in [0.25, 0.3) is 5.92 Å². The molecule has 5 heteroatoms. The lowest BCUT2D eigenvalue weighted by molar-refractivity contribution is -0.0144. The lowest BCUT2D eigenvalue weighted by Gasteiger charge is -2.17. The van der Waals surface area contributed by atoms with Gasteiger partial charge in [-0.2, -0.15) is 0 Å². The van der Waals surface area contributed by atoms with E-state index in [0.717, 1.165) is 6.07 Å². The second kappa shape index (κ2) is 4.18. The minimum atomic E-state index is -3.42. The predicted octanol–water partition coefficient (Wildman–Crippen LogP) is 2.71. The van der Waals surface area contributed by atoms with Crippen molar-refractivity contribution in [2.24, 2.45) is 5.73 Å². The van der Waals surface area contributed by atoms with Crippen molar-refractivity contribution in [3.8, 4) is 0 Å². The summed E-state index contributed by atoms with van der Waals surface area (Å²) in [5, 5.41) is 0. The fourth-order valence-corrected chi connectivity index (χ4v) is 1.24. The SMILES string of the molecule is Cc1cc(F)c(C(F)(F)CCN)cc1F. The lowest BCUT2D eigenvalue weighted by atomic mass is 10.0. The highest BCUT2D eigenvalue weighted by atomic mass is 19.3. The molecule has 0 saturated carbocycles. The van der Waals surface area contributed by atoms with Crippen molar-refractivity contribution in [3.63, 3.8) is 0 Å². The molecule has 1 aromatic carbocycles. The van der Waals surface area contributed by atoms with E-state index in [9.17, 15) is 17.6 Å². The van der Waals surface area contributed by atoms with E-state index in [1.165, 1.54) is 6.92 Å². The van der Waals surface area contributed by atoms with Crippen molar-refractivity contribution in [1.82, 2.24) is 0 Å². The Bertz CT molecular complexity index is 363. The molecule has 0 heterocycles. The van der Waals surface area contributed by atoms with E-state index in [1.54, 1.807) is 0 Å². The molecule has 0 spiro atoms. The minimum absolute atomic E-state index is 0.000187. The summed E-state index contributed by atoms with van der Waals surface area (Å²) in [5.74, 6) is -5.37. The summed E-state index contributed by atoms with van der Waals surface area (Å²) in [6.07, 6.45) is -0.702. The number of halogens is 4. The van der Waals surface area contributed by atoms with Gasteiger partial charge in [0.15, 0.2) is 0 Å². The molecule has 0 aliphatic rings. The maximum absolute atomic E-state index is 13.2. The van der Waals surface area contributed by atoms with Gasteiger partial charge in [-0.25, -0.2) is 17.6 Å². The molecule has 1 rings (SSSR count). The smallest absolute Gasteiger partial charge is 0.277 e. The Labute approximate surface area is 84.9 Å². The van der Waals surface area contributed by atoms with E-state index in [2.05, 4.69) is 0 Å². The van der Waals surface area contributed by atoms with Crippen molar-refractivity contribution in [1.29, 1.82) is 0 Å². The molecule has 1 aromatic rings. The molecule has 0 atom stereocenters. The van der Waals surface area contributed by atoms with Crippen molar-refractivity contribution in [3.05, 3.63) is 34.9 Å². The van der Waals surface area contributed by atoms with Crippen LogP contribution in [0, 0.1) is 18.6 Å². The van der Waals surface area contributed by atoms with E-state index >= 15 is 0 Å². The van der Waals surface area contributed by atoms with Crippen molar-refractivity contribution >= 4 is 0 Å². The van der Waals surface area contributed by atoms with Gasteiger partial charge in [0.2, 0.25) is 0 Å². The highest BCUT2D eigenvalue weighted by Gasteiger charge is 2.34. The van der Waals surface area contributed by atoms with Gasteiger partial charge in [-0.05, 0) is 31.2 Å². The molecule has 0 fully saturated rings. The molecule has 0 aromatic heterocycles. The molecule has 0 radical (unpaired) electrons. The number of alkyl halides is 2. The van der Waals surface area contributed by atoms with Crippen molar-refractivity contribution < 1.29 is 17.6 Å². The summed E-state index contributed by atoms with van der Waals surface area (Å²) >= 11 is 0. The third-order valence-electron chi connectivity index (χ3n) is 2.10. The molecule has 0 amide bonds. The highest BCUT2D eigenvalue weighted by molar-refractivity contribution is 5.28. The Morgan fingerprint density at radius 2 is 1.80 bits per heavy atom. The maximum atomic E-state index is 13.2.